The van der Waals surface area contributed by atoms with Crippen molar-refractivity contribution in [3.05, 3.63) is 29.6 Å². The number of imide groups is 1. The van der Waals surface area contributed by atoms with Crippen molar-refractivity contribution in [1.82, 2.24) is 15.2 Å². The maximum Gasteiger partial charge on any atom is 0.335 e. The van der Waals surface area contributed by atoms with Crippen molar-refractivity contribution in [2.75, 3.05) is 0 Å². The molecule has 116 valence electrons. The van der Waals surface area contributed by atoms with E-state index in [1.54, 1.807) is 13.8 Å². The Morgan fingerprint density at radius 1 is 1.41 bits per heavy atom. The highest BCUT2D eigenvalue weighted by Crippen LogP contribution is 2.16. The van der Waals surface area contributed by atoms with Crippen LogP contribution in [0.5, 0.6) is 0 Å². The summed E-state index contributed by atoms with van der Waals surface area (Å²) in [5.74, 6) is -2.70. The number of amides is 3. The molecule has 0 aromatic carbocycles. The molecule has 0 bridgehead atoms. The van der Waals surface area contributed by atoms with Gasteiger partial charge in [0, 0.05) is 12.2 Å². The van der Waals surface area contributed by atoms with Crippen LogP contribution in [-0.4, -0.2) is 50.8 Å². The molecule has 2 N–H and O–H groups in total. The number of carboxylic acid groups (broad SMARTS) is 1. The van der Waals surface area contributed by atoms with E-state index in [4.69, 9.17) is 5.11 Å². The van der Waals surface area contributed by atoms with Gasteiger partial charge in [-0.1, -0.05) is 0 Å². The minimum Gasteiger partial charge on any atom is -0.478 e. The van der Waals surface area contributed by atoms with Gasteiger partial charge in [0.15, 0.2) is 0 Å². The van der Waals surface area contributed by atoms with Crippen molar-refractivity contribution in [3.63, 3.8) is 0 Å². The maximum atomic E-state index is 12.1. The molecule has 1 fully saturated rings. The molecule has 1 aromatic heterocycles. The van der Waals surface area contributed by atoms with Crippen LogP contribution in [0.1, 0.15) is 41.1 Å². The Morgan fingerprint density at radius 3 is 2.64 bits per heavy atom. The molecule has 8 nitrogen and oxygen atoms in total. The van der Waals surface area contributed by atoms with Crippen molar-refractivity contribution in [2.45, 2.75) is 32.4 Å². The molecule has 0 saturated carbocycles. The molecule has 1 aliphatic heterocycles. The van der Waals surface area contributed by atoms with E-state index in [-0.39, 0.29) is 29.6 Å². The molecule has 2 rings (SSSR count). The first kappa shape index (κ1) is 15.6. The highest BCUT2D eigenvalue weighted by atomic mass is 16.4. The predicted octanol–water partition coefficient (Wildman–Crippen LogP) is 0.0455. The first-order valence-corrected chi connectivity index (χ1v) is 6.67. The van der Waals surface area contributed by atoms with E-state index < -0.39 is 23.8 Å². The van der Waals surface area contributed by atoms with Crippen molar-refractivity contribution in [3.8, 4) is 0 Å². The summed E-state index contributed by atoms with van der Waals surface area (Å²) in [5.41, 5.74) is -0.207. The van der Waals surface area contributed by atoms with Crippen molar-refractivity contribution in [2.24, 2.45) is 0 Å². The first-order valence-electron chi connectivity index (χ1n) is 6.67. The quantitative estimate of drug-likeness (QED) is 0.759. The Balaban J connectivity index is 2.13. The highest BCUT2D eigenvalue weighted by Gasteiger charge is 2.40. The third-order valence-corrected chi connectivity index (χ3v) is 3.24. The number of nitrogens with zero attached hydrogens (tertiary/aromatic N) is 2. The smallest absolute Gasteiger partial charge is 0.335 e. The second-order valence-corrected chi connectivity index (χ2v) is 5.16. The molecule has 22 heavy (non-hydrogen) atoms. The summed E-state index contributed by atoms with van der Waals surface area (Å²) in [6.45, 7) is 3.41. The molecule has 0 spiro atoms. The molecule has 0 aliphatic carbocycles. The SMILES string of the molecule is CC(C)N1C(=O)CC(NC(=O)c2cc(C(=O)O)ccn2)C1=O. The number of carbonyl (C=O) groups is 4. The minimum atomic E-state index is -1.19. The topological polar surface area (TPSA) is 117 Å². The third-order valence-electron chi connectivity index (χ3n) is 3.24. The van der Waals surface area contributed by atoms with Gasteiger partial charge in [-0.05, 0) is 26.0 Å². The molecule has 1 unspecified atom stereocenters. The summed E-state index contributed by atoms with van der Waals surface area (Å²) in [4.78, 5) is 51.6. The second-order valence-electron chi connectivity index (χ2n) is 5.16. The van der Waals surface area contributed by atoms with Crippen molar-refractivity contribution in [1.29, 1.82) is 0 Å². The molecule has 1 aromatic rings. The Bertz CT molecular complexity index is 656. The monoisotopic (exact) mass is 305 g/mol. The summed E-state index contributed by atoms with van der Waals surface area (Å²) < 4.78 is 0. The van der Waals surface area contributed by atoms with Crippen molar-refractivity contribution < 1.29 is 24.3 Å². The van der Waals surface area contributed by atoms with Crippen molar-refractivity contribution >= 4 is 23.7 Å². The number of likely N-dealkylation sites (tertiary alicyclic amines) is 1. The van der Waals surface area contributed by atoms with E-state index in [0.717, 1.165) is 11.0 Å². The Hall–Kier alpha value is -2.77. The predicted molar refractivity (Wildman–Crippen MR) is 74.1 cm³/mol. The van der Waals surface area contributed by atoms with Gasteiger partial charge in [-0.25, -0.2) is 4.79 Å². The molecule has 1 saturated heterocycles. The van der Waals surface area contributed by atoms with E-state index in [9.17, 15) is 19.2 Å². The van der Waals surface area contributed by atoms with Crippen LogP contribution in [0.25, 0.3) is 0 Å². The lowest BCUT2D eigenvalue weighted by Gasteiger charge is -2.19. The zero-order valence-electron chi connectivity index (χ0n) is 12.1. The fourth-order valence-electron chi connectivity index (χ4n) is 2.23. The largest absolute Gasteiger partial charge is 0.478 e. The van der Waals surface area contributed by atoms with Gasteiger partial charge in [-0.15, -0.1) is 0 Å². The molecule has 3 amide bonds. The summed E-state index contributed by atoms with van der Waals surface area (Å²) in [6, 6.07) is 1.14. The number of pyridine rings is 1. The number of carboxylic acids is 1. The Labute approximate surface area is 126 Å². The third kappa shape index (κ3) is 2.95. The van der Waals surface area contributed by atoms with E-state index in [0.29, 0.717) is 0 Å². The Morgan fingerprint density at radius 2 is 2.09 bits per heavy atom. The number of carbonyl (C=O) groups excluding carboxylic acids is 3. The van der Waals surface area contributed by atoms with E-state index in [1.165, 1.54) is 12.3 Å². The highest BCUT2D eigenvalue weighted by molar-refractivity contribution is 6.08. The zero-order valence-corrected chi connectivity index (χ0v) is 12.1. The molecular weight excluding hydrogens is 290 g/mol. The van der Waals surface area contributed by atoms with Crippen LogP contribution in [0.4, 0.5) is 0 Å². The molecule has 1 aliphatic rings. The number of rotatable bonds is 4. The zero-order chi connectivity index (χ0) is 16.4. The van der Waals surface area contributed by atoms with Crippen LogP contribution in [0.3, 0.4) is 0 Å². The second kappa shape index (κ2) is 5.92. The Kier molecular flexibility index (Phi) is 4.20. The summed E-state index contributed by atoms with van der Waals surface area (Å²) in [6.07, 6.45) is 1.09. The van der Waals surface area contributed by atoms with Crippen LogP contribution in [0, 0.1) is 0 Å². The van der Waals surface area contributed by atoms with Gasteiger partial charge in [0.2, 0.25) is 5.91 Å². The molecule has 1 atom stereocenters. The number of nitrogens with one attached hydrogen (secondary N) is 1. The summed E-state index contributed by atoms with van der Waals surface area (Å²) in [7, 11) is 0. The first-order chi connectivity index (χ1) is 10.3. The van der Waals surface area contributed by atoms with Crippen LogP contribution < -0.4 is 5.32 Å². The van der Waals surface area contributed by atoms with E-state index in [1.807, 2.05) is 0 Å². The fraction of sp³-hybridized carbons (Fsp3) is 0.357. The normalized spacial score (nSPS) is 18.0. The van der Waals surface area contributed by atoms with Gasteiger partial charge in [0.25, 0.3) is 11.8 Å². The number of aromatic carboxylic acids is 1. The average Bonchev–Trinajstić information content (AvgIpc) is 2.73. The number of hydrogen-bond donors (Lipinski definition) is 2. The van der Waals surface area contributed by atoms with Crippen LogP contribution in [0.15, 0.2) is 18.3 Å². The number of hydrogen-bond acceptors (Lipinski definition) is 5. The van der Waals surface area contributed by atoms with Gasteiger partial charge in [0.05, 0.1) is 12.0 Å². The lowest BCUT2D eigenvalue weighted by atomic mass is 10.2. The lowest BCUT2D eigenvalue weighted by molar-refractivity contribution is -0.140. The van der Waals surface area contributed by atoms with Gasteiger partial charge >= 0.3 is 5.97 Å². The van der Waals surface area contributed by atoms with Crippen LogP contribution in [0.2, 0.25) is 0 Å². The average molecular weight is 305 g/mol. The van der Waals surface area contributed by atoms with Gasteiger partial charge in [-0.2, -0.15) is 0 Å². The molecular formula is C14H15N3O5. The minimum absolute atomic E-state index is 0.0854. The van der Waals surface area contributed by atoms with Gasteiger partial charge in [0.1, 0.15) is 11.7 Å². The fourth-order valence-corrected chi connectivity index (χ4v) is 2.23. The number of aromatic nitrogens is 1. The molecule has 8 heteroatoms. The van der Waals surface area contributed by atoms with E-state index >= 15 is 0 Å². The molecule has 2 heterocycles. The lowest BCUT2D eigenvalue weighted by Crippen LogP contribution is -2.44. The van der Waals surface area contributed by atoms with Gasteiger partial charge < -0.3 is 10.4 Å². The molecule has 0 radical (unpaired) electrons. The van der Waals surface area contributed by atoms with Gasteiger partial charge in [-0.3, -0.25) is 24.3 Å². The van der Waals surface area contributed by atoms with E-state index in [2.05, 4.69) is 10.3 Å². The van der Waals surface area contributed by atoms with Crippen LogP contribution >= 0.6 is 0 Å². The summed E-state index contributed by atoms with van der Waals surface area (Å²) in [5, 5.41) is 11.3. The standard InChI is InChI=1S/C14H15N3O5/c1-7(2)17-11(18)6-10(13(17)20)16-12(19)9-5-8(14(21)22)3-4-15-9/h3-5,7,10H,6H2,1-2H3,(H,16,19)(H,21,22). The van der Waals surface area contributed by atoms with Crippen LogP contribution in [-0.2, 0) is 9.59 Å². The maximum absolute atomic E-state index is 12.1. The summed E-state index contributed by atoms with van der Waals surface area (Å²) >= 11 is 0.